The molecule has 1 fully saturated rings. The van der Waals surface area contributed by atoms with Gasteiger partial charge in [0.25, 0.3) is 5.91 Å². The van der Waals surface area contributed by atoms with Gasteiger partial charge in [-0.25, -0.2) is 9.67 Å². The highest BCUT2D eigenvalue weighted by molar-refractivity contribution is 6.06. The number of aromatic nitrogens is 3. The highest BCUT2D eigenvalue weighted by Gasteiger charge is 2.25. The lowest BCUT2D eigenvalue weighted by molar-refractivity contribution is 0.0713. The number of ether oxygens (including phenoxy) is 1. The van der Waals surface area contributed by atoms with E-state index in [-0.39, 0.29) is 24.1 Å². The standard InChI is InChI=1S/C22H26N4O2/c1-14(2)26-21-18(13-23-26)17(12-19(25-21)16-8-5-4-6-9-16)22(27)24-15(3)20-10-7-11-28-20/h4-6,8-9,12-15,20H,7,10-11H2,1-3H3,(H,24,27). The molecule has 2 unspecified atom stereocenters. The number of hydrogen-bond acceptors (Lipinski definition) is 4. The van der Waals surface area contributed by atoms with E-state index in [1.54, 1.807) is 6.20 Å². The maximum Gasteiger partial charge on any atom is 0.252 e. The number of carbonyl (C=O) groups excluding carboxylic acids is 1. The first-order chi connectivity index (χ1) is 13.5. The van der Waals surface area contributed by atoms with Crippen molar-refractivity contribution in [2.75, 3.05) is 6.61 Å². The Morgan fingerprint density at radius 1 is 1.25 bits per heavy atom. The van der Waals surface area contributed by atoms with Crippen LogP contribution >= 0.6 is 0 Å². The summed E-state index contributed by atoms with van der Waals surface area (Å²) in [4.78, 5) is 18.0. The quantitative estimate of drug-likeness (QED) is 0.729. The fourth-order valence-corrected chi connectivity index (χ4v) is 3.71. The van der Waals surface area contributed by atoms with Gasteiger partial charge in [0.1, 0.15) is 0 Å². The number of amides is 1. The van der Waals surface area contributed by atoms with Crippen molar-refractivity contribution < 1.29 is 9.53 Å². The summed E-state index contributed by atoms with van der Waals surface area (Å²) >= 11 is 0. The predicted octanol–water partition coefficient (Wildman–Crippen LogP) is 3.98. The highest BCUT2D eigenvalue weighted by Crippen LogP contribution is 2.26. The zero-order valence-corrected chi connectivity index (χ0v) is 16.6. The Balaban J connectivity index is 1.76. The molecule has 1 aliphatic rings. The normalized spacial score (nSPS) is 17.9. The molecule has 146 valence electrons. The minimum absolute atomic E-state index is 0.0430. The lowest BCUT2D eigenvalue weighted by Crippen LogP contribution is -2.40. The summed E-state index contributed by atoms with van der Waals surface area (Å²) in [6.45, 7) is 6.89. The lowest BCUT2D eigenvalue weighted by atomic mass is 10.0. The zero-order valence-electron chi connectivity index (χ0n) is 16.6. The summed E-state index contributed by atoms with van der Waals surface area (Å²) in [5.41, 5.74) is 3.07. The monoisotopic (exact) mass is 378 g/mol. The van der Waals surface area contributed by atoms with Crippen molar-refractivity contribution in [1.29, 1.82) is 0 Å². The van der Waals surface area contributed by atoms with Crippen molar-refractivity contribution in [3.05, 3.63) is 48.2 Å². The Morgan fingerprint density at radius 3 is 2.71 bits per heavy atom. The molecular weight excluding hydrogens is 352 g/mol. The molecule has 0 spiro atoms. The SMILES string of the molecule is CC(NC(=O)c1cc(-c2ccccc2)nc2c1cnn2C(C)C)C1CCCO1. The molecule has 1 aromatic carbocycles. The Bertz CT molecular complexity index is 975. The van der Waals surface area contributed by atoms with Crippen molar-refractivity contribution in [3.8, 4) is 11.3 Å². The van der Waals surface area contributed by atoms with E-state index in [1.165, 1.54) is 0 Å². The minimum atomic E-state index is -0.115. The molecule has 28 heavy (non-hydrogen) atoms. The first-order valence-electron chi connectivity index (χ1n) is 9.90. The van der Waals surface area contributed by atoms with Crippen LogP contribution in [0.4, 0.5) is 0 Å². The van der Waals surface area contributed by atoms with E-state index in [9.17, 15) is 4.79 Å². The number of pyridine rings is 1. The summed E-state index contributed by atoms with van der Waals surface area (Å²) in [6.07, 6.45) is 3.84. The third kappa shape index (κ3) is 3.52. The van der Waals surface area contributed by atoms with E-state index < -0.39 is 0 Å². The zero-order chi connectivity index (χ0) is 19.7. The van der Waals surface area contributed by atoms with Crippen LogP contribution < -0.4 is 5.32 Å². The second kappa shape index (κ2) is 7.72. The van der Waals surface area contributed by atoms with Gasteiger partial charge in [0.15, 0.2) is 5.65 Å². The number of fused-ring (bicyclic) bond motifs is 1. The molecule has 2 atom stereocenters. The number of nitrogens with zero attached hydrogens (tertiary/aromatic N) is 3. The molecule has 1 amide bonds. The number of rotatable bonds is 5. The average molecular weight is 378 g/mol. The first-order valence-corrected chi connectivity index (χ1v) is 9.90. The first kappa shape index (κ1) is 18.6. The van der Waals surface area contributed by atoms with Crippen molar-refractivity contribution >= 4 is 16.9 Å². The van der Waals surface area contributed by atoms with Gasteiger partial charge in [-0.1, -0.05) is 30.3 Å². The van der Waals surface area contributed by atoms with E-state index in [2.05, 4.69) is 24.3 Å². The summed E-state index contributed by atoms with van der Waals surface area (Å²) < 4.78 is 7.59. The van der Waals surface area contributed by atoms with Crippen molar-refractivity contribution in [3.63, 3.8) is 0 Å². The van der Waals surface area contributed by atoms with Crippen LogP contribution in [0.2, 0.25) is 0 Å². The van der Waals surface area contributed by atoms with Crippen LogP contribution in [0.1, 0.15) is 50.0 Å². The lowest BCUT2D eigenvalue weighted by Gasteiger charge is -2.20. The molecule has 1 aliphatic heterocycles. The van der Waals surface area contributed by atoms with Gasteiger partial charge in [0, 0.05) is 18.2 Å². The van der Waals surface area contributed by atoms with Gasteiger partial charge in [-0.05, 0) is 39.7 Å². The summed E-state index contributed by atoms with van der Waals surface area (Å²) in [7, 11) is 0. The molecule has 6 nitrogen and oxygen atoms in total. The Morgan fingerprint density at radius 2 is 2.04 bits per heavy atom. The van der Waals surface area contributed by atoms with E-state index in [0.717, 1.165) is 41.7 Å². The average Bonchev–Trinajstić information content (AvgIpc) is 3.37. The van der Waals surface area contributed by atoms with Crippen molar-refractivity contribution in [1.82, 2.24) is 20.1 Å². The van der Waals surface area contributed by atoms with Crippen molar-refractivity contribution in [2.24, 2.45) is 0 Å². The van der Waals surface area contributed by atoms with Crippen LogP contribution in [-0.4, -0.2) is 39.4 Å². The smallest absolute Gasteiger partial charge is 0.252 e. The molecule has 6 heteroatoms. The van der Waals surface area contributed by atoms with Gasteiger partial charge >= 0.3 is 0 Å². The molecule has 3 aromatic rings. The van der Waals surface area contributed by atoms with Gasteiger partial charge < -0.3 is 10.1 Å². The second-order valence-electron chi connectivity index (χ2n) is 7.65. The van der Waals surface area contributed by atoms with Gasteiger partial charge in [0.05, 0.1) is 35.0 Å². The molecule has 0 radical (unpaired) electrons. The number of benzene rings is 1. The van der Waals surface area contributed by atoms with Crippen LogP contribution in [0.3, 0.4) is 0 Å². The maximum absolute atomic E-state index is 13.2. The fourth-order valence-electron chi connectivity index (χ4n) is 3.71. The molecular formula is C22H26N4O2. The highest BCUT2D eigenvalue weighted by atomic mass is 16.5. The van der Waals surface area contributed by atoms with E-state index >= 15 is 0 Å². The van der Waals surface area contributed by atoms with Crippen LogP contribution in [-0.2, 0) is 4.74 Å². The second-order valence-corrected chi connectivity index (χ2v) is 7.65. The number of hydrogen-bond donors (Lipinski definition) is 1. The van der Waals surface area contributed by atoms with Gasteiger partial charge in [-0.15, -0.1) is 0 Å². The van der Waals surface area contributed by atoms with Crippen LogP contribution in [0.15, 0.2) is 42.6 Å². The molecule has 1 N–H and O–H groups in total. The van der Waals surface area contributed by atoms with Crippen molar-refractivity contribution in [2.45, 2.75) is 51.8 Å². The molecule has 1 saturated heterocycles. The van der Waals surface area contributed by atoms with Crippen LogP contribution in [0.5, 0.6) is 0 Å². The van der Waals surface area contributed by atoms with Gasteiger partial charge in [-0.2, -0.15) is 5.10 Å². The summed E-state index contributed by atoms with van der Waals surface area (Å²) in [6, 6.07) is 11.9. The third-order valence-electron chi connectivity index (χ3n) is 5.25. The largest absolute Gasteiger partial charge is 0.376 e. The molecule has 2 aromatic heterocycles. The maximum atomic E-state index is 13.2. The summed E-state index contributed by atoms with van der Waals surface area (Å²) in [5, 5.41) is 8.37. The van der Waals surface area contributed by atoms with E-state index in [4.69, 9.17) is 9.72 Å². The summed E-state index contributed by atoms with van der Waals surface area (Å²) in [5.74, 6) is -0.115. The molecule has 3 heterocycles. The van der Waals surface area contributed by atoms with Crippen LogP contribution in [0, 0.1) is 0 Å². The molecule has 0 saturated carbocycles. The van der Waals surface area contributed by atoms with E-state index in [1.807, 2.05) is 48.0 Å². The Kier molecular flexibility index (Phi) is 5.13. The predicted molar refractivity (Wildman–Crippen MR) is 109 cm³/mol. The topological polar surface area (TPSA) is 69.0 Å². The van der Waals surface area contributed by atoms with Crippen LogP contribution in [0.25, 0.3) is 22.3 Å². The minimum Gasteiger partial charge on any atom is -0.376 e. The third-order valence-corrected chi connectivity index (χ3v) is 5.25. The van der Waals surface area contributed by atoms with Gasteiger partial charge in [0.2, 0.25) is 0 Å². The fraction of sp³-hybridized carbons (Fsp3) is 0.409. The molecule has 0 aliphatic carbocycles. The molecule has 0 bridgehead atoms. The number of carbonyl (C=O) groups is 1. The Hall–Kier alpha value is -2.73. The van der Waals surface area contributed by atoms with E-state index in [0.29, 0.717) is 5.56 Å². The Labute approximate surface area is 164 Å². The van der Waals surface area contributed by atoms with Gasteiger partial charge in [-0.3, -0.25) is 4.79 Å². The number of nitrogens with one attached hydrogen (secondary N) is 1. The molecule has 4 rings (SSSR count).